The molecule has 0 bridgehead atoms. The van der Waals surface area contributed by atoms with E-state index in [0.29, 0.717) is 5.57 Å². The van der Waals surface area contributed by atoms with Crippen LogP contribution in [0, 0.1) is 0 Å². The third-order valence-electron chi connectivity index (χ3n) is 0.657. The third-order valence-corrected chi connectivity index (χ3v) is 1.33. The van der Waals surface area contributed by atoms with Crippen molar-refractivity contribution in [2.24, 2.45) is 0 Å². The molecule has 0 spiro atoms. The topological polar surface area (TPSA) is 54.4 Å². The predicted octanol–water partition coefficient (Wildman–Crippen LogP) is -1.92. The summed E-state index contributed by atoms with van der Waals surface area (Å²) in [5, 5.41) is 0.736. The molecule has 0 aromatic heterocycles. The molecule has 0 aliphatic carbocycles. The first-order chi connectivity index (χ1) is 3.95. The summed E-state index contributed by atoms with van der Waals surface area (Å²) in [7, 11) is -3.97. The molecular weight excluding hydrogens is 163 g/mol. The number of allylic oxidation sites excluding steroid dienone is 2. The van der Waals surface area contributed by atoms with E-state index < -0.39 is 10.1 Å². The average molecular weight is 172 g/mol. The van der Waals surface area contributed by atoms with E-state index in [9.17, 15) is 8.42 Å². The van der Waals surface area contributed by atoms with Gasteiger partial charge >= 0.3 is 29.6 Å². The van der Waals surface area contributed by atoms with Crippen LogP contribution < -0.4 is 29.6 Å². The van der Waals surface area contributed by atoms with E-state index in [-0.39, 0.29) is 31.0 Å². The maximum atomic E-state index is 10.0. The van der Waals surface area contributed by atoms with Gasteiger partial charge in [0, 0.05) is 0 Å². The second kappa shape index (κ2) is 5.09. The summed E-state index contributed by atoms with van der Waals surface area (Å²) < 4.78 is 28.2. The summed E-state index contributed by atoms with van der Waals surface area (Å²) in [5.41, 5.74) is 0.414. The van der Waals surface area contributed by atoms with Gasteiger partial charge in [0.25, 0.3) is 10.1 Å². The summed E-state index contributed by atoms with van der Waals surface area (Å²) in [4.78, 5) is 0. The fourth-order valence-electron chi connectivity index (χ4n) is 0.283. The van der Waals surface area contributed by atoms with Gasteiger partial charge in [-0.05, 0) is 12.5 Å². The summed E-state index contributed by atoms with van der Waals surface area (Å²) >= 11 is 0. The molecule has 0 aliphatic heterocycles. The molecule has 0 rings (SSSR count). The minimum atomic E-state index is -3.97. The van der Waals surface area contributed by atoms with Gasteiger partial charge < -0.3 is 1.43 Å². The van der Waals surface area contributed by atoms with Crippen LogP contribution >= 0.6 is 0 Å². The van der Waals surface area contributed by atoms with Crippen LogP contribution in [0.3, 0.4) is 0 Å². The Morgan fingerprint density at radius 3 is 2.20 bits per heavy atom. The van der Waals surface area contributed by atoms with Crippen LogP contribution in [-0.4, -0.2) is 13.0 Å². The van der Waals surface area contributed by atoms with Gasteiger partial charge in [0.2, 0.25) is 0 Å². The molecule has 0 atom stereocenters. The monoisotopic (exact) mass is 172 g/mol. The molecule has 0 unspecified atom stereocenters. The zero-order valence-electron chi connectivity index (χ0n) is 7.03. The predicted molar refractivity (Wildman–Crippen MR) is 36.6 cm³/mol. The van der Waals surface area contributed by atoms with Gasteiger partial charge in [-0.3, -0.25) is 4.55 Å². The second-order valence-corrected chi connectivity index (χ2v) is 2.85. The van der Waals surface area contributed by atoms with E-state index in [1.54, 1.807) is 0 Å². The van der Waals surface area contributed by atoms with Gasteiger partial charge in [-0.1, -0.05) is 12.7 Å². The molecule has 0 fully saturated rings. The van der Waals surface area contributed by atoms with Crippen LogP contribution in [0.1, 0.15) is 8.35 Å². The quantitative estimate of drug-likeness (QED) is 0.300. The molecule has 3 nitrogen and oxygen atoms in total. The summed E-state index contributed by atoms with van der Waals surface area (Å²) in [6, 6.07) is 0. The van der Waals surface area contributed by atoms with Gasteiger partial charge in [0.15, 0.2) is 0 Å². The van der Waals surface area contributed by atoms with Gasteiger partial charge in [-0.25, -0.2) is 0 Å². The summed E-state index contributed by atoms with van der Waals surface area (Å²) in [6.45, 7) is 4.83. The van der Waals surface area contributed by atoms with Crippen molar-refractivity contribution in [1.82, 2.24) is 0 Å². The van der Waals surface area contributed by atoms with Crippen LogP contribution in [0.25, 0.3) is 0 Å². The van der Waals surface area contributed by atoms with Crippen molar-refractivity contribution >= 4 is 10.1 Å². The van der Waals surface area contributed by atoms with E-state index in [4.69, 9.17) is 4.55 Å². The molecule has 0 aromatic carbocycles. The minimum absolute atomic E-state index is 0. The Balaban J connectivity index is -0.000000320. The molecule has 0 radical (unpaired) electrons. The summed E-state index contributed by atoms with van der Waals surface area (Å²) in [5.74, 6) is 0. The first-order valence-electron chi connectivity index (χ1n) is 2.24. The first kappa shape index (κ1) is 13.0. The first-order valence-corrected chi connectivity index (χ1v) is 3.74. The van der Waals surface area contributed by atoms with E-state index in [1.165, 1.54) is 13.0 Å². The van der Waals surface area contributed by atoms with Crippen molar-refractivity contribution in [1.29, 1.82) is 0 Å². The SMILES string of the molecule is C=C/C(C)=C/S(=O)(=O)O.[H-].[Na+]. The molecule has 54 valence electrons. The van der Waals surface area contributed by atoms with Crippen LogP contribution in [0.5, 0.6) is 0 Å². The summed E-state index contributed by atoms with van der Waals surface area (Å²) in [6.07, 6.45) is 1.34. The molecule has 0 saturated carbocycles. The third kappa shape index (κ3) is 8.39. The van der Waals surface area contributed by atoms with Gasteiger partial charge in [0.05, 0.1) is 5.41 Å². The normalized spacial score (nSPS) is 12.0. The Morgan fingerprint density at radius 2 is 2.10 bits per heavy atom. The molecule has 10 heavy (non-hydrogen) atoms. The average Bonchev–Trinajstić information content (AvgIpc) is 1.62. The number of rotatable bonds is 2. The molecule has 0 aliphatic rings. The maximum Gasteiger partial charge on any atom is 1.00 e. The number of hydrogen-bond acceptors (Lipinski definition) is 2. The standard InChI is InChI=1S/C5H8O3S.Na.H/c1-3-5(2)4-9(6,7)8;;/h3-4H,1H2,2H3,(H,6,7,8);;/q;+1;-1/b5-4+;;. The van der Waals surface area contributed by atoms with Gasteiger partial charge in [0.1, 0.15) is 0 Å². The molecule has 0 aromatic rings. The van der Waals surface area contributed by atoms with Crippen molar-refractivity contribution < 1.29 is 44.0 Å². The van der Waals surface area contributed by atoms with Crippen molar-refractivity contribution in [2.45, 2.75) is 6.92 Å². The smallest absolute Gasteiger partial charge is 1.00 e. The van der Waals surface area contributed by atoms with E-state index in [1.807, 2.05) is 0 Å². The maximum absolute atomic E-state index is 10.0. The van der Waals surface area contributed by atoms with E-state index in [0.717, 1.165) is 5.41 Å². The Hall–Kier alpha value is 0.390. The molecule has 0 amide bonds. The molecule has 5 heteroatoms. The van der Waals surface area contributed by atoms with Gasteiger partial charge in [-0.15, -0.1) is 0 Å². The molecule has 0 saturated heterocycles. The Labute approximate surface area is 84.3 Å². The van der Waals surface area contributed by atoms with E-state index >= 15 is 0 Å². The molecule has 1 N–H and O–H groups in total. The van der Waals surface area contributed by atoms with Crippen LogP contribution in [0.2, 0.25) is 0 Å². The van der Waals surface area contributed by atoms with Crippen LogP contribution in [0.4, 0.5) is 0 Å². The fourth-order valence-corrected chi connectivity index (χ4v) is 0.849. The van der Waals surface area contributed by atoms with Crippen molar-refractivity contribution in [2.75, 3.05) is 0 Å². The van der Waals surface area contributed by atoms with Gasteiger partial charge in [-0.2, -0.15) is 8.42 Å². The van der Waals surface area contributed by atoms with Crippen molar-refractivity contribution in [3.05, 3.63) is 23.6 Å². The Bertz CT molecular complexity index is 232. The minimum Gasteiger partial charge on any atom is -1.00 e. The van der Waals surface area contributed by atoms with Crippen LogP contribution in [-0.2, 0) is 10.1 Å². The molecular formula is C5H9NaO3S. The Morgan fingerprint density at radius 1 is 1.70 bits per heavy atom. The number of hydrogen-bond donors (Lipinski definition) is 1. The Kier molecular flexibility index (Phi) is 6.63. The molecule has 0 heterocycles. The largest absolute Gasteiger partial charge is 1.00 e. The van der Waals surface area contributed by atoms with Crippen molar-refractivity contribution in [3.8, 4) is 0 Å². The zero-order chi connectivity index (χ0) is 7.49. The fraction of sp³-hybridized carbons (Fsp3) is 0.200. The second-order valence-electron chi connectivity index (χ2n) is 1.58. The van der Waals surface area contributed by atoms with E-state index in [2.05, 4.69) is 6.58 Å². The van der Waals surface area contributed by atoms with Crippen molar-refractivity contribution in [3.63, 3.8) is 0 Å². The zero-order valence-corrected chi connectivity index (χ0v) is 8.85. The van der Waals surface area contributed by atoms with Crippen LogP contribution in [0.15, 0.2) is 23.6 Å².